The van der Waals surface area contributed by atoms with Crippen LogP contribution in [0.5, 0.6) is 0 Å². The van der Waals surface area contributed by atoms with Crippen LogP contribution in [0, 0.1) is 11.7 Å². The van der Waals surface area contributed by atoms with Crippen LogP contribution in [0.2, 0.25) is 0 Å². The van der Waals surface area contributed by atoms with Crippen molar-refractivity contribution in [3.8, 4) is 0 Å². The molecule has 1 N–H and O–H groups in total. The average Bonchev–Trinajstić information content (AvgIpc) is 2.95. The summed E-state index contributed by atoms with van der Waals surface area (Å²) in [4.78, 5) is 1.16. The van der Waals surface area contributed by atoms with Gasteiger partial charge in [-0.25, -0.2) is 4.39 Å². The van der Waals surface area contributed by atoms with Gasteiger partial charge in [-0.1, -0.05) is 26.0 Å². The van der Waals surface area contributed by atoms with Crippen molar-refractivity contribution in [3.63, 3.8) is 0 Å². The lowest BCUT2D eigenvalue weighted by molar-refractivity contribution is 0.107. The van der Waals surface area contributed by atoms with Crippen LogP contribution in [-0.4, -0.2) is 6.54 Å². The first-order valence-electron chi connectivity index (χ1n) is 7.23. The second kappa shape index (κ2) is 8.27. The van der Waals surface area contributed by atoms with Gasteiger partial charge in [-0.3, -0.25) is 0 Å². The predicted molar refractivity (Wildman–Crippen MR) is 85.8 cm³/mol. The summed E-state index contributed by atoms with van der Waals surface area (Å²) in [5.74, 6) is 0.410. The van der Waals surface area contributed by atoms with E-state index in [1.165, 1.54) is 6.07 Å². The molecule has 0 fully saturated rings. The van der Waals surface area contributed by atoms with E-state index in [1.807, 2.05) is 29.6 Å². The van der Waals surface area contributed by atoms with E-state index in [2.05, 4.69) is 19.2 Å². The number of benzene rings is 1. The van der Waals surface area contributed by atoms with Crippen LogP contribution in [0.15, 0.2) is 35.7 Å². The third-order valence-electron chi connectivity index (χ3n) is 3.07. The number of hydrogen-bond donors (Lipinski definition) is 1. The molecule has 21 heavy (non-hydrogen) atoms. The highest BCUT2D eigenvalue weighted by Gasteiger charge is 2.05. The quantitative estimate of drug-likeness (QED) is 0.783. The molecule has 0 radical (unpaired) electrons. The lowest BCUT2D eigenvalue weighted by atomic mass is 10.1. The fourth-order valence-corrected chi connectivity index (χ4v) is 2.65. The van der Waals surface area contributed by atoms with Crippen molar-refractivity contribution in [2.45, 2.75) is 33.6 Å². The highest BCUT2D eigenvalue weighted by atomic mass is 32.1. The SMILES string of the molecule is CC(C)CNCc1ccc(F)c(COCc2cccs2)c1. The zero-order valence-electron chi connectivity index (χ0n) is 12.6. The van der Waals surface area contributed by atoms with Crippen molar-refractivity contribution in [1.82, 2.24) is 5.32 Å². The van der Waals surface area contributed by atoms with Crippen LogP contribution in [0.3, 0.4) is 0 Å². The Bertz CT molecular complexity index is 540. The molecular formula is C17H22FNOS. The molecule has 0 saturated heterocycles. The summed E-state index contributed by atoms with van der Waals surface area (Å²) < 4.78 is 19.4. The molecule has 0 aliphatic rings. The van der Waals surface area contributed by atoms with Gasteiger partial charge >= 0.3 is 0 Å². The maximum Gasteiger partial charge on any atom is 0.128 e. The molecule has 0 aliphatic carbocycles. The molecule has 0 spiro atoms. The minimum Gasteiger partial charge on any atom is -0.371 e. The van der Waals surface area contributed by atoms with Crippen LogP contribution < -0.4 is 5.32 Å². The van der Waals surface area contributed by atoms with Gasteiger partial charge in [0.15, 0.2) is 0 Å². The zero-order valence-corrected chi connectivity index (χ0v) is 13.4. The molecule has 0 unspecified atom stereocenters. The van der Waals surface area contributed by atoms with Crippen LogP contribution >= 0.6 is 11.3 Å². The van der Waals surface area contributed by atoms with E-state index in [1.54, 1.807) is 11.3 Å². The number of hydrogen-bond acceptors (Lipinski definition) is 3. The molecule has 1 aromatic heterocycles. The Morgan fingerprint density at radius 3 is 2.81 bits per heavy atom. The van der Waals surface area contributed by atoms with Crippen LogP contribution in [-0.2, 0) is 24.5 Å². The fraction of sp³-hybridized carbons (Fsp3) is 0.412. The molecule has 2 nitrogen and oxygen atoms in total. The van der Waals surface area contributed by atoms with Gasteiger partial charge in [0.25, 0.3) is 0 Å². The van der Waals surface area contributed by atoms with E-state index < -0.39 is 0 Å². The van der Waals surface area contributed by atoms with Gasteiger partial charge in [-0.2, -0.15) is 0 Å². The standard InChI is InChI=1S/C17H22FNOS/c1-13(2)9-19-10-14-5-6-17(18)15(8-14)11-20-12-16-4-3-7-21-16/h3-8,13,19H,9-12H2,1-2H3. The first-order valence-corrected chi connectivity index (χ1v) is 8.11. The maximum atomic E-state index is 13.8. The first-order chi connectivity index (χ1) is 10.1. The highest BCUT2D eigenvalue weighted by Crippen LogP contribution is 2.15. The van der Waals surface area contributed by atoms with E-state index >= 15 is 0 Å². The summed E-state index contributed by atoms with van der Waals surface area (Å²) in [5, 5.41) is 5.38. The zero-order chi connectivity index (χ0) is 15.1. The molecule has 0 aliphatic heterocycles. The van der Waals surface area contributed by atoms with E-state index in [-0.39, 0.29) is 5.82 Å². The smallest absolute Gasteiger partial charge is 0.128 e. The van der Waals surface area contributed by atoms with Gasteiger partial charge in [0.1, 0.15) is 5.82 Å². The van der Waals surface area contributed by atoms with E-state index in [0.717, 1.165) is 23.5 Å². The Morgan fingerprint density at radius 2 is 2.10 bits per heavy atom. The molecular weight excluding hydrogens is 285 g/mol. The normalized spacial score (nSPS) is 11.2. The predicted octanol–water partition coefficient (Wildman–Crippen LogP) is 4.35. The topological polar surface area (TPSA) is 21.3 Å². The maximum absolute atomic E-state index is 13.8. The summed E-state index contributed by atoms with van der Waals surface area (Å²) in [6.07, 6.45) is 0. The Labute approximate surface area is 130 Å². The number of ether oxygens (including phenoxy) is 1. The number of halogens is 1. The Hall–Kier alpha value is -1.23. The monoisotopic (exact) mass is 307 g/mol. The summed E-state index contributed by atoms with van der Waals surface area (Å²) >= 11 is 1.65. The van der Waals surface area contributed by atoms with Crippen LogP contribution in [0.4, 0.5) is 4.39 Å². The van der Waals surface area contributed by atoms with Crippen molar-refractivity contribution >= 4 is 11.3 Å². The fourth-order valence-electron chi connectivity index (χ4n) is 2.01. The second-order valence-corrected chi connectivity index (χ2v) is 6.55. The molecule has 2 rings (SSSR count). The summed E-state index contributed by atoms with van der Waals surface area (Å²) in [5.41, 5.74) is 1.71. The summed E-state index contributed by atoms with van der Waals surface area (Å²) in [6.45, 7) is 6.90. The van der Waals surface area contributed by atoms with Gasteiger partial charge in [0, 0.05) is 17.0 Å². The average molecular weight is 307 g/mol. The van der Waals surface area contributed by atoms with E-state index in [9.17, 15) is 4.39 Å². The van der Waals surface area contributed by atoms with Gasteiger partial charge in [-0.15, -0.1) is 11.3 Å². The minimum absolute atomic E-state index is 0.200. The molecule has 0 saturated carbocycles. The van der Waals surface area contributed by atoms with Crippen molar-refractivity contribution < 1.29 is 9.13 Å². The number of nitrogens with one attached hydrogen (secondary N) is 1. The third-order valence-corrected chi connectivity index (χ3v) is 3.92. The first kappa shape index (κ1) is 16.1. The minimum atomic E-state index is -0.200. The molecule has 1 heterocycles. The number of thiophene rings is 1. The van der Waals surface area contributed by atoms with E-state index in [0.29, 0.717) is 24.7 Å². The van der Waals surface area contributed by atoms with Crippen LogP contribution in [0.25, 0.3) is 0 Å². The van der Waals surface area contributed by atoms with Gasteiger partial charge in [-0.05, 0) is 41.6 Å². The van der Waals surface area contributed by atoms with E-state index in [4.69, 9.17) is 4.74 Å². The lowest BCUT2D eigenvalue weighted by Crippen LogP contribution is -2.19. The summed E-state index contributed by atoms with van der Waals surface area (Å²) in [6, 6.07) is 9.25. The van der Waals surface area contributed by atoms with Gasteiger partial charge < -0.3 is 10.1 Å². The molecule has 2 aromatic rings. The third kappa shape index (κ3) is 5.58. The molecule has 1 aromatic carbocycles. The molecule has 4 heteroatoms. The lowest BCUT2D eigenvalue weighted by Gasteiger charge is -2.10. The van der Waals surface area contributed by atoms with Crippen molar-refractivity contribution in [2.75, 3.05) is 6.54 Å². The molecule has 0 amide bonds. The Morgan fingerprint density at radius 1 is 1.24 bits per heavy atom. The second-order valence-electron chi connectivity index (χ2n) is 5.52. The molecule has 0 atom stereocenters. The van der Waals surface area contributed by atoms with Crippen molar-refractivity contribution in [3.05, 3.63) is 57.5 Å². The molecule has 114 valence electrons. The van der Waals surface area contributed by atoms with Crippen LogP contribution in [0.1, 0.15) is 29.9 Å². The highest BCUT2D eigenvalue weighted by molar-refractivity contribution is 7.09. The summed E-state index contributed by atoms with van der Waals surface area (Å²) in [7, 11) is 0. The largest absolute Gasteiger partial charge is 0.371 e. The van der Waals surface area contributed by atoms with Gasteiger partial charge in [0.2, 0.25) is 0 Å². The number of rotatable bonds is 8. The van der Waals surface area contributed by atoms with Crippen molar-refractivity contribution in [2.24, 2.45) is 5.92 Å². The molecule has 0 bridgehead atoms. The van der Waals surface area contributed by atoms with Gasteiger partial charge in [0.05, 0.1) is 13.2 Å². The van der Waals surface area contributed by atoms with Crippen molar-refractivity contribution in [1.29, 1.82) is 0 Å². The Balaban J connectivity index is 1.86. The Kier molecular flexibility index (Phi) is 6.36.